The fraction of sp³-hybridized carbons (Fsp3) is 0.533. The average molecular weight is 297 g/mol. The number of ether oxygens (including phenoxy) is 1. The lowest BCUT2D eigenvalue weighted by Crippen LogP contribution is -2.30. The molecule has 0 radical (unpaired) electrons. The Bertz CT molecular complexity index is 461. The highest BCUT2D eigenvalue weighted by molar-refractivity contribution is 6.30. The fourth-order valence-corrected chi connectivity index (χ4v) is 2.07. The van der Waals surface area contributed by atoms with E-state index in [1.807, 2.05) is 13.0 Å². The van der Waals surface area contributed by atoms with Crippen molar-refractivity contribution in [2.75, 3.05) is 25.1 Å². The lowest BCUT2D eigenvalue weighted by molar-refractivity contribution is 0.122. The van der Waals surface area contributed by atoms with Gasteiger partial charge in [0.1, 0.15) is 0 Å². The number of benzene rings is 1. The summed E-state index contributed by atoms with van der Waals surface area (Å²) in [4.78, 5) is 11.7. The van der Waals surface area contributed by atoms with Gasteiger partial charge in [0.05, 0.1) is 0 Å². The van der Waals surface area contributed by atoms with Crippen LogP contribution in [0.5, 0.6) is 0 Å². The summed E-state index contributed by atoms with van der Waals surface area (Å²) < 4.78 is 5.50. The Labute approximate surface area is 124 Å². The first kappa shape index (κ1) is 15.1. The molecular formula is C15H21ClN2O2. The Kier molecular flexibility index (Phi) is 5.68. The van der Waals surface area contributed by atoms with Gasteiger partial charge in [-0.2, -0.15) is 0 Å². The molecule has 1 aliphatic rings. The first-order chi connectivity index (χ1) is 9.65. The quantitative estimate of drug-likeness (QED) is 0.756. The van der Waals surface area contributed by atoms with Gasteiger partial charge in [0.25, 0.3) is 0 Å². The van der Waals surface area contributed by atoms with Gasteiger partial charge < -0.3 is 15.4 Å². The maximum atomic E-state index is 11.7. The molecule has 5 heteroatoms. The summed E-state index contributed by atoms with van der Waals surface area (Å²) in [5.41, 5.74) is 1.72. The molecule has 0 atom stereocenters. The molecule has 0 bridgehead atoms. The Morgan fingerprint density at radius 3 is 2.95 bits per heavy atom. The van der Waals surface area contributed by atoms with Crippen molar-refractivity contribution in [1.29, 1.82) is 0 Å². The third-order valence-corrected chi connectivity index (χ3v) is 3.47. The van der Waals surface area contributed by atoms with Crippen molar-refractivity contribution in [2.45, 2.75) is 26.2 Å². The number of halogens is 1. The van der Waals surface area contributed by atoms with Crippen molar-refractivity contribution in [3.05, 3.63) is 28.8 Å². The molecule has 0 aromatic heterocycles. The van der Waals surface area contributed by atoms with E-state index < -0.39 is 0 Å². The van der Waals surface area contributed by atoms with Gasteiger partial charge in [0.2, 0.25) is 0 Å². The lowest BCUT2D eigenvalue weighted by Gasteiger charge is -2.10. The molecule has 1 aliphatic carbocycles. The average Bonchev–Trinajstić information content (AvgIpc) is 3.21. The van der Waals surface area contributed by atoms with E-state index in [2.05, 4.69) is 10.6 Å². The van der Waals surface area contributed by atoms with Crippen LogP contribution in [-0.2, 0) is 4.74 Å². The number of hydrogen-bond donors (Lipinski definition) is 2. The summed E-state index contributed by atoms with van der Waals surface area (Å²) in [6.07, 6.45) is 3.45. The minimum atomic E-state index is -0.197. The zero-order valence-electron chi connectivity index (χ0n) is 11.7. The van der Waals surface area contributed by atoms with E-state index in [-0.39, 0.29) is 6.03 Å². The summed E-state index contributed by atoms with van der Waals surface area (Å²) >= 11 is 5.87. The summed E-state index contributed by atoms with van der Waals surface area (Å²) in [6, 6.07) is 5.19. The summed E-state index contributed by atoms with van der Waals surface area (Å²) in [7, 11) is 0. The van der Waals surface area contributed by atoms with Crippen LogP contribution in [0.15, 0.2) is 18.2 Å². The van der Waals surface area contributed by atoms with Crippen LogP contribution in [0.3, 0.4) is 0 Å². The standard InChI is InChI=1S/C15H21ClN2O2/c1-11-9-13(16)5-6-14(11)18-15(19)17-7-2-8-20-10-12-3-4-12/h5-6,9,12H,2-4,7-8,10H2,1H3,(H2,17,18,19). The molecule has 1 aromatic carbocycles. The fourth-order valence-electron chi connectivity index (χ4n) is 1.84. The van der Waals surface area contributed by atoms with E-state index >= 15 is 0 Å². The van der Waals surface area contributed by atoms with Gasteiger partial charge in [-0.3, -0.25) is 0 Å². The van der Waals surface area contributed by atoms with E-state index in [9.17, 15) is 4.79 Å². The smallest absolute Gasteiger partial charge is 0.319 e. The van der Waals surface area contributed by atoms with Gasteiger partial charge in [-0.15, -0.1) is 0 Å². The highest BCUT2D eigenvalue weighted by Gasteiger charge is 2.20. The number of hydrogen-bond acceptors (Lipinski definition) is 2. The van der Waals surface area contributed by atoms with Crippen LogP contribution in [0.25, 0.3) is 0 Å². The number of rotatable bonds is 7. The zero-order valence-corrected chi connectivity index (χ0v) is 12.5. The molecule has 1 saturated carbocycles. The number of anilines is 1. The van der Waals surface area contributed by atoms with Gasteiger partial charge in [0.15, 0.2) is 0 Å². The number of carbonyl (C=O) groups is 1. The molecule has 0 heterocycles. The molecular weight excluding hydrogens is 276 g/mol. The van der Waals surface area contributed by atoms with Crippen LogP contribution in [0.1, 0.15) is 24.8 Å². The lowest BCUT2D eigenvalue weighted by atomic mass is 10.2. The molecule has 4 nitrogen and oxygen atoms in total. The second-order valence-corrected chi connectivity index (χ2v) is 5.65. The predicted octanol–water partition coefficient (Wildman–Crippen LogP) is 3.59. The van der Waals surface area contributed by atoms with Crippen LogP contribution < -0.4 is 10.6 Å². The minimum absolute atomic E-state index is 0.197. The third-order valence-electron chi connectivity index (χ3n) is 3.24. The highest BCUT2D eigenvalue weighted by Crippen LogP contribution is 2.28. The van der Waals surface area contributed by atoms with Crippen molar-refractivity contribution < 1.29 is 9.53 Å². The maximum Gasteiger partial charge on any atom is 0.319 e. The number of aryl methyl sites for hydroxylation is 1. The topological polar surface area (TPSA) is 50.4 Å². The molecule has 2 N–H and O–H groups in total. The van der Waals surface area contributed by atoms with Gasteiger partial charge in [-0.25, -0.2) is 4.79 Å². The molecule has 0 aliphatic heterocycles. The maximum absolute atomic E-state index is 11.7. The van der Waals surface area contributed by atoms with Crippen LogP contribution in [0, 0.1) is 12.8 Å². The molecule has 0 unspecified atom stereocenters. The first-order valence-electron chi connectivity index (χ1n) is 7.04. The van der Waals surface area contributed by atoms with Crippen molar-refractivity contribution in [3.63, 3.8) is 0 Å². The molecule has 20 heavy (non-hydrogen) atoms. The number of urea groups is 1. The Balaban J connectivity index is 1.59. The molecule has 0 spiro atoms. The number of carbonyl (C=O) groups excluding carboxylic acids is 1. The van der Waals surface area contributed by atoms with E-state index in [4.69, 9.17) is 16.3 Å². The van der Waals surface area contributed by atoms with Crippen LogP contribution in [0.4, 0.5) is 10.5 Å². The van der Waals surface area contributed by atoms with Crippen molar-refractivity contribution >= 4 is 23.3 Å². The van der Waals surface area contributed by atoms with Crippen LogP contribution in [-0.4, -0.2) is 25.8 Å². The van der Waals surface area contributed by atoms with Gasteiger partial charge >= 0.3 is 6.03 Å². The van der Waals surface area contributed by atoms with Crippen molar-refractivity contribution in [1.82, 2.24) is 5.32 Å². The number of nitrogens with one attached hydrogen (secondary N) is 2. The van der Waals surface area contributed by atoms with Gasteiger partial charge in [-0.1, -0.05) is 11.6 Å². The summed E-state index contributed by atoms with van der Waals surface area (Å²) in [6.45, 7) is 4.10. The number of amides is 2. The Morgan fingerprint density at radius 2 is 2.25 bits per heavy atom. The molecule has 0 saturated heterocycles. The van der Waals surface area contributed by atoms with Crippen LogP contribution in [0.2, 0.25) is 5.02 Å². The predicted molar refractivity (Wildman–Crippen MR) is 81.4 cm³/mol. The largest absolute Gasteiger partial charge is 0.381 e. The van der Waals surface area contributed by atoms with E-state index in [0.29, 0.717) is 18.2 Å². The monoisotopic (exact) mass is 296 g/mol. The highest BCUT2D eigenvalue weighted by atomic mass is 35.5. The third kappa shape index (κ3) is 5.39. The Morgan fingerprint density at radius 1 is 1.45 bits per heavy atom. The summed E-state index contributed by atoms with van der Waals surface area (Å²) in [5, 5.41) is 6.29. The second kappa shape index (κ2) is 7.50. The van der Waals surface area contributed by atoms with E-state index in [1.165, 1.54) is 12.8 Å². The van der Waals surface area contributed by atoms with E-state index in [0.717, 1.165) is 30.2 Å². The SMILES string of the molecule is Cc1cc(Cl)ccc1NC(=O)NCCCOCC1CC1. The van der Waals surface area contributed by atoms with Crippen molar-refractivity contribution in [3.8, 4) is 0 Å². The summed E-state index contributed by atoms with van der Waals surface area (Å²) in [5.74, 6) is 0.791. The van der Waals surface area contributed by atoms with Gasteiger partial charge in [-0.05, 0) is 55.9 Å². The second-order valence-electron chi connectivity index (χ2n) is 5.21. The van der Waals surface area contributed by atoms with Gasteiger partial charge in [0, 0.05) is 30.5 Å². The Hall–Kier alpha value is -1.26. The molecule has 110 valence electrons. The molecule has 1 aromatic rings. The van der Waals surface area contributed by atoms with E-state index in [1.54, 1.807) is 12.1 Å². The molecule has 2 amide bonds. The van der Waals surface area contributed by atoms with Crippen LogP contribution >= 0.6 is 11.6 Å². The first-order valence-corrected chi connectivity index (χ1v) is 7.41. The normalized spacial score (nSPS) is 14.1. The minimum Gasteiger partial charge on any atom is -0.381 e. The zero-order chi connectivity index (χ0) is 14.4. The molecule has 2 rings (SSSR count). The molecule has 1 fully saturated rings. The van der Waals surface area contributed by atoms with Crippen molar-refractivity contribution in [2.24, 2.45) is 5.92 Å².